The summed E-state index contributed by atoms with van der Waals surface area (Å²) in [7, 11) is 0. The molecular formula is C7H8BrN3OS. The molecule has 0 saturated carbocycles. The molecule has 0 aliphatic carbocycles. The van der Waals surface area contributed by atoms with Crippen molar-refractivity contribution in [3.8, 4) is 0 Å². The summed E-state index contributed by atoms with van der Waals surface area (Å²) in [6.45, 7) is 3.97. The van der Waals surface area contributed by atoms with E-state index >= 15 is 0 Å². The predicted molar refractivity (Wildman–Crippen MR) is 56.9 cm³/mol. The number of amides is 1. The fourth-order valence-corrected chi connectivity index (χ4v) is 1.34. The summed E-state index contributed by atoms with van der Waals surface area (Å²) < 4.78 is 0.712. The lowest BCUT2D eigenvalue weighted by Crippen LogP contribution is -2.24. The summed E-state index contributed by atoms with van der Waals surface area (Å²) >= 11 is 4.37. The van der Waals surface area contributed by atoms with Gasteiger partial charge in [-0.05, 0) is 0 Å². The standard InChI is InChI=1S/C7H8BrN3OS/c1-4(8)2-10-6(12)5-3-13-7(9)11-5/h3H,1-2H2,(H2,9,11)(H,10,12). The van der Waals surface area contributed by atoms with Gasteiger partial charge in [0.2, 0.25) is 0 Å². The van der Waals surface area contributed by atoms with Crippen LogP contribution in [-0.2, 0) is 0 Å². The first-order chi connectivity index (χ1) is 6.09. The number of aromatic nitrogens is 1. The summed E-state index contributed by atoms with van der Waals surface area (Å²) in [6, 6.07) is 0. The van der Waals surface area contributed by atoms with Crippen molar-refractivity contribution in [1.82, 2.24) is 10.3 Å². The number of hydrogen-bond donors (Lipinski definition) is 2. The molecule has 0 atom stereocenters. The first kappa shape index (κ1) is 10.2. The van der Waals surface area contributed by atoms with Crippen LogP contribution in [0.1, 0.15) is 10.5 Å². The van der Waals surface area contributed by atoms with Crippen LogP contribution in [0.4, 0.5) is 5.13 Å². The zero-order chi connectivity index (χ0) is 9.84. The minimum absolute atomic E-state index is 0.242. The van der Waals surface area contributed by atoms with Crippen LogP contribution in [0.3, 0.4) is 0 Å². The Kier molecular flexibility index (Phi) is 3.44. The third-order valence-electron chi connectivity index (χ3n) is 1.20. The van der Waals surface area contributed by atoms with Crippen molar-refractivity contribution in [3.05, 3.63) is 22.1 Å². The Bertz CT molecular complexity index is 336. The highest BCUT2D eigenvalue weighted by atomic mass is 79.9. The van der Waals surface area contributed by atoms with Crippen molar-refractivity contribution in [2.45, 2.75) is 0 Å². The van der Waals surface area contributed by atoms with Crippen molar-refractivity contribution < 1.29 is 4.79 Å². The molecular weight excluding hydrogens is 254 g/mol. The van der Waals surface area contributed by atoms with Gasteiger partial charge in [0.15, 0.2) is 5.13 Å². The van der Waals surface area contributed by atoms with Gasteiger partial charge in [-0.2, -0.15) is 0 Å². The van der Waals surface area contributed by atoms with Crippen LogP contribution in [0.5, 0.6) is 0 Å². The van der Waals surface area contributed by atoms with Crippen molar-refractivity contribution in [2.75, 3.05) is 12.3 Å². The molecule has 0 aliphatic heterocycles. The van der Waals surface area contributed by atoms with Crippen molar-refractivity contribution in [1.29, 1.82) is 0 Å². The molecule has 1 aromatic heterocycles. The van der Waals surface area contributed by atoms with E-state index in [1.54, 1.807) is 5.38 Å². The van der Waals surface area contributed by atoms with Gasteiger partial charge in [-0.1, -0.05) is 22.5 Å². The van der Waals surface area contributed by atoms with Gasteiger partial charge in [-0.3, -0.25) is 4.79 Å². The maximum atomic E-state index is 11.3. The monoisotopic (exact) mass is 261 g/mol. The number of halogens is 1. The Labute approximate surface area is 88.0 Å². The van der Waals surface area contributed by atoms with Crippen LogP contribution < -0.4 is 11.1 Å². The average molecular weight is 262 g/mol. The van der Waals surface area contributed by atoms with E-state index in [4.69, 9.17) is 5.73 Å². The third-order valence-corrected chi connectivity index (χ3v) is 2.15. The van der Waals surface area contributed by atoms with E-state index in [-0.39, 0.29) is 5.91 Å². The van der Waals surface area contributed by atoms with Crippen LogP contribution in [0.25, 0.3) is 0 Å². The molecule has 0 aliphatic rings. The Hall–Kier alpha value is -0.880. The van der Waals surface area contributed by atoms with E-state index < -0.39 is 0 Å². The summed E-state index contributed by atoms with van der Waals surface area (Å²) in [5.74, 6) is -0.242. The van der Waals surface area contributed by atoms with E-state index in [0.29, 0.717) is 21.9 Å². The minimum atomic E-state index is -0.242. The Morgan fingerprint density at radius 3 is 3.00 bits per heavy atom. The van der Waals surface area contributed by atoms with Crippen molar-refractivity contribution in [3.63, 3.8) is 0 Å². The summed E-state index contributed by atoms with van der Waals surface area (Å²) in [5, 5.41) is 4.62. The van der Waals surface area contributed by atoms with Gasteiger partial charge < -0.3 is 11.1 Å². The summed E-state index contributed by atoms with van der Waals surface area (Å²) in [4.78, 5) is 15.1. The van der Waals surface area contributed by atoms with E-state index in [0.717, 1.165) is 0 Å². The van der Waals surface area contributed by atoms with E-state index in [9.17, 15) is 4.79 Å². The number of nitrogens with zero attached hydrogens (tertiary/aromatic N) is 1. The number of carbonyl (C=O) groups excluding carboxylic acids is 1. The summed E-state index contributed by atoms with van der Waals surface area (Å²) in [5.41, 5.74) is 5.72. The predicted octanol–water partition coefficient (Wildman–Crippen LogP) is 1.36. The molecule has 0 unspecified atom stereocenters. The number of nitrogen functional groups attached to an aromatic ring is 1. The van der Waals surface area contributed by atoms with E-state index in [1.807, 2.05) is 0 Å². The van der Waals surface area contributed by atoms with Gasteiger partial charge in [0.25, 0.3) is 5.91 Å². The number of hydrogen-bond acceptors (Lipinski definition) is 4. The number of anilines is 1. The van der Waals surface area contributed by atoms with Crippen molar-refractivity contribution in [2.24, 2.45) is 0 Å². The normalized spacial score (nSPS) is 9.62. The first-order valence-electron chi connectivity index (χ1n) is 3.42. The molecule has 1 amide bonds. The molecule has 3 N–H and O–H groups in total. The zero-order valence-electron chi connectivity index (χ0n) is 6.71. The lowest BCUT2D eigenvalue weighted by Gasteiger charge is -1.99. The lowest BCUT2D eigenvalue weighted by atomic mass is 10.4. The highest BCUT2D eigenvalue weighted by Crippen LogP contribution is 2.10. The smallest absolute Gasteiger partial charge is 0.271 e. The first-order valence-corrected chi connectivity index (χ1v) is 5.09. The molecule has 0 fully saturated rings. The average Bonchev–Trinajstić information content (AvgIpc) is 2.47. The van der Waals surface area contributed by atoms with E-state index in [2.05, 4.69) is 32.8 Å². The Morgan fingerprint density at radius 1 is 1.85 bits per heavy atom. The number of carbonyl (C=O) groups is 1. The molecule has 0 radical (unpaired) electrons. The second-order valence-corrected chi connectivity index (χ2v) is 4.28. The zero-order valence-corrected chi connectivity index (χ0v) is 9.11. The number of rotatable bonds is 3. The second kappa shape index (κ2) is 4.38. The minimum Gasteiger partial charge on any atom is -0.375 e. The molecule has 1 heterocycles. The van der Waals surface area contributed by atoms with Crippen LogP contribution in [0, 0.1) is 0 Å². The summed E-state index contributed by atoms with van der Waals surface area (Å²) in [6.07, 6.45) is 0. The van der Waals surface area contributed by atoms with Crippen LogP contribution in [-0.4, -0.2) is 17.4 Å². The Balaban J connectivity index is 2.54. The van der Waals surface area contributed by atoms with Gasteiger partial charge in [0, 0.05) is 16.4 Å². The number of nitrogens with two attached hydrogens (primary N) is 1. The molecule has 4 nitrogen and oxygen atoms in total. The SMILES string of the molecule is C=C(Br)CNC(=O)c1csc(N)n1. The molecule has 1 rings (SSSR count). The molecule has 70 valence electrons. The maximum Gasteiger partial charge on any atom is 0.271 e. The second-order valence-electron chi connectivity index (χ2n) is 2.27. The van der Waals surface area contributed by atoms with Gasteiger partial charge in [0.05, 0.1) is 0 Å². The van der Waals surface area contributed by atoms with Gasteiger partial charge in [-0.15, -0.1) is 11.3 Å². The highest BCUT2D eigenvalue weighted by molar-refractivity contribution is 9.11. The molecule has 0 saturated heterocycles. The molecule has 13 heavy (non-hydrogen) atoms. The maximum absolute atomic E-state index is 11.3. The third kappa shape index (κ3) is 3.16. The van der Waals surface area contributed by atoms with Crippen LogP contribution >= 0.6 is 27.3 Å². The number of nitrogens with one attached hydrogen (secondary N) is 1. The van der Waals surface area contributed by atoms with E-state index in [1.165, 1.54) is 11.3 Å². The van der Waals surface area contributed by atoms with Gasteiger partial charge in [0.1, 0.15) is 5.69 Å². The molecule has 6 heteroatoms. The van der Waals surface area contributed by atoms with Gasteiger partial charge in [-0.25, -0.2) is 4.98 Å². The fraction of sp³-hybridized carbons (Fsp3) is 0.143. The largest absolute Gasteiger partial charge is 0.375 e. The molecule has 1 aromatic rings. The Morgan fingerprint density at radius 2 is 2.54 bits per heavy atom. The lowest BCUT2D eigenvalue weighted by molar-refractivity contribution is 0.0953. The highest BCUT2D eigenvalue weighted by Gasteiger charge is 2.08. The molecule has 0 aromatic carbocycles. The quantitative estimate of drug-likeness (QED) is 0.864. The van der Waals surface area contributed by atoms with Gasteiger partial charge >= 0.3 is 0 Å². The van der Waals surface area contributed by atoms with Crippen LogP contribution in [0.2, 0.25) is 0 Å². The number of thiazole rings is 1. The molecule has 0 spiro atoms. The van der Waals surface area contributed by atoms with Crippen LogP contribution in [0.15, 0.2) is 16.4 Å². The van der Waals surface area contributed by atoms with Crippen molar-refractivity contribution >= 4 is 38.3 Å². The fourth-order valence-electron chi connectivity index (χ4n) is 0.659. The topological polar surface area (TPSA) is 68.0 Å². The molecule has 0 bridgehead atoms.